The fraction of sp³-hybridized carbons (Fsp3) is 0.400. The lowest BCUT2D eigenvalue weighted by Gasteiger charge is -2.18. The predicted molar refractivity (Wildman–Crippen MR) is 70.4 cm³/mol. The van der Waals surface area contributed by atoms with Gasteiger partial charge in [-0.05, 0) is 23.5 Å². The van der Waals surface area contributed by atoms with Crippen molar-refractivity contribution in [3.8, 4) is 16.9 Å². The Morgan fingerprint density at radius 1 is 1.12 bits per heavy atom. The fourth-order valence-electron chi connectivity index (χ4n) is 1.84. The Morgan fingerprint density at radius 3 is 2.18 bits per heavy atom. The molecule has 0 N–H and O–H groups in total. The first-order valence-corrected chi connectivity index (χ1v) is 5.98. The van der Waals surface area contributed by atoms with Crippen LogP contribution in [-0.2, 0) is 5.41 Å². The largest absolute Gasteiger partial charge is 0.489 e. The third-order valence-electron chi connectivity index (χ3n) is 2.93. The van der Waals surface area contributed by atoms with Crippen LogP contribution in [0.4, 0.5) is 0 Å². The van der Waals surface area contributed by atoms with Crippen LogP contribution < -0.4 is 10.2 Å². The molecular weight excluding hydrogens is 212 g/mol. The molecular formula is C15H18O2. The molecule has 0 amide bonds. The normalized spacial score (nSPS) is 12.0. The maximum Gasteiger partial charge on any atom is 0.232 e. The molecule has 2 rings (SSSR count). The van der Waals surface area contributed by atoms with Gasteiger partial charge in [-0.25, -0.2) is 0 Å². The van der Waals surface area contributed by atoms with E-state index in [1.54, 1.807) is 0 Å². The molecule has 0 unspecified atom stereocenters. The molecule has 2 heteroatoms. The molecule has 2 nitrogen and oxygen atoms in total. The molecule has 0 spiro atoms. The minimum Gasteiger partial charge on any atom is -0.489 e. The summed E-state index contributed by atoms with van der Waals surface area (Å²) in [7, 11) is 0. The van der Waals surface area contributed by atoms with Crippen molar-refractivity contribution in [1.82, 2.24) is 0 Å². The first-order valence-electron chi connectivity index (χ1n) is 5.98. The SMILES string of the molecule is CCOc1c(-c2ccc(C(C)(C)C)cc2)c1=O. The van der Waals surface area contributed by atoms with Crippen LogP contribution in [0.1, 0.15) is 33.3 Å². The highest BCUT2D eigenvalue weighted by atomic mass is 16.5. The topological polar surface area (TPSA) is 26.3 Å². The molecule has 2 aromatic rings. The summed E-state index contributed by atoms with van der Waals surface area (Å²) in [5, 5.41) is 0. The maximum atomic E-state index is 11.5. The van der Waals surface area contributed by atoms with E-state index in [-0.39, 0.29) is 10.8 Å². The second kappa shape index (κ2) is 4.02. The van der Waals surface area contributed by atoms with E-state index in [0.29, 0.717) is 12.4 Å². The van der Waals surface area contributed by atoms with Gasteiger partial charge in [0.25, 0.3) is 0 Å². The third kappa shape index (κ3) is 2.26. The highest BCUT2D eigenvalue weighted by Crippen LogP contribution is 2.33. The Morgan fingerprint density at radius 2 is 1.71 bits per heavy atom. The minimum absolute atomic E-state index is 0.0513. The molecule has 17 heavy (non-hydrogen) atoms. The lowest BCUT2D eigenvalue weighted by molar-refractivity contribution is 0.349. The van der Waals surface area contributed by atoms with Crippen LogP contribution >= 0.6 is 0 Å². The molecule has 0 fully saturated rings. The van der Waals surface area contributed by atoms with Crippen LogP contribution in [0.3, 0.4) is 0 Å². The highest BCUT2D eigenvalue weighted by Gasteiger charge is 2.25. The molecule has 0 saturated carbocycles. The summed E-state index contributed by atoms with van der Waals surface area (Å²) < 4.78 is 5.26. The van der Waals surface area contributed by atoms with E-state index in [1.807, 2.05) is 19.1 Å². The van der Waals surface area contributed by atoms with E-state index in [4.69, 9.17) is 4.74 Å². The van der Waals surface area contributed by atoms with Gasteiger partial charge in [-0.15, -0.1) is 0 Å². The number of benzene rings is 1. The molecule has 90 valence electrons. The first kappa shape index (κ1) is 11.9. The van der Waals surface area contributed by atoms with Gasteiger partial charge in [-0.1, -0.05) is 45.0 Å². The molecule has 0 aromatic heterocycles. The van der Waals surface area contributed by atoms with E-state index in [1.165, 1.54) is 5.56 Å². The van der Waals surface area contributed by atoms with Crippen LogP contribution in [0.5, 0.6) is 5.75 Å². The van der Waals surface area contributed by atoms with Gasteiger partial charge < -0.3 is 4.74 Å². The molecule has 2 aromatic carbocycles. The number of hydrogen-bond acceptors (Lipinski definition) is 2. The molecule has 0 aliphatic carbocycles. The monoisotopic (exact) mass is 230 g/mol. The standard InChI is InChI=1S/C15H18O2/c1-5-17-14-12(13(14)16)10-6-8-11(9-7-10)15(2,3)4/h6-9H,5H2,1-4H3. The molecule has 0 aliphatic rings. The Labute approximate surface area is 102 Å². The fourth-order valence-corrected chi connectivity index (χ4v) is 1.84. The van der Waals surface area contributed by atoms with Crippen molar-refractivity contribution < 1.29 is 4.74 Å². The zero-order valence-corrected chi connectivity index (χ0v) is 10.8. The molecule has 0 bridgehead atoms. The Balaban J connectivity index is 2.25. The van der Waals surface area contributed by atoms with Gasteiger partial charge in [0.1, 0.15) is 0 Å². The third-order valence-corrected chi connectivity index (χ3v) is 2.93. The zero-order valence-electron chi connectivity index (χ0n) is 10.8. The van der Waals surface area contributed by atoms with Gasteiger partial charge >= 0.3 is 0 Å². The summed E-state index contributed by atoms with van der Waals surface area (Å²) in [4.78, 5) is 11.5. The van der Waals surface area contributed by atoms with Gasteiger partial charge in [0.15, 0.2) is 5.75 Å². The van der Waals surface area contributed by atoms with Gasteiger partial charge in [0.05, 0.1) is 12.2 Å². The van der Waals surface area contributed by atoms with E-state index >= 15 is 0 Å². The Hall–Kier alpha value is -1.57. The van der Waals surface area contributed by atoms with Gasteiger partial charge in [0.2, 0.25) is 5.43 Å². The van der Waals surface area contributed by atoms with Gasteiger partial charge in [0, 0.05) is 0 Å². The summed E-state index contributed by atoms with van der Waals surface area (Å²) in [5.74, 6) is 0.538. The molecule has 0 aliphatic heterocycles. The van der Waals surface area contributed by atoms with Gasteiger partial charge in [-0.2, -0.15) is 0 Å². The molecule has 0 radical (unpaired) electrons. The van der Waals surface area contributed by atoms with Crippen LogP contribution in [0.25, 0.3) is 11.1 Å². The number of rotatable bonds is 3. The Bertz CT molecular complexity index is 520. The second-order valence-electron chi connectivity index (χ2n) is 5.29. The smallest absolute Gasteiger partial charge is 0.232 e. The average Bonchev–Trinajstić information content (AvgIpc) is 2.89. The molecule has 0 atom stereocenters. The molecule has 0 heterocycles. The van der Waals surface area contributed by atoms with Crippen molar-refractivity contribution >= 4 is 0 Å². The first-order chi connectivity index (χ1) is 7.95. The zero-order chi connectivity index (χ0) is 12.6. The van der Waals surface area contributed by atoms with Crippen molar-refractivity contribution in [3.05, 3.63) is 40.1 Å². The second-order valence-corrected chi connectivity index (χ2v) is 5.29. The molecule has 0 saturated heterocycles. The number of hydrogen-bond donors (Lipinski definition) is 0. The summed E-state index contributed by atoms with van der Waals surface area (Å²) in [6, 6.07) is 8.16. The van der Waals surface area contributed by atoms with Crippen molar-refractivity contribution in [1.29, 1.82) is 0 Å². The minimum atomic E-state index is 0.0513. The average molecular weight is 230 g/mol. The van der Waals surface area contributed by atoms with Gasteiger partial charge in [-0.3, -0.25) is 4.79 Å². The van der Waals surface area contributed by atoms with Crippen molar-refractivity contribution in [3.63, 3.8) is 0 Å². The van der Waals surface area contributed by atoms with E-state index < -0.39 is 0 Å². The quantitative estimate of drug-likeness (QED) is 0.808. The highest BCUT2D eigenvalue weighted by molar-refractivity contribution is 5.80. The van der Waals surface area contributed by atoms with E-state index in [0.717, 1.165) is 11.1 Å². The summed E-state index contributed by atoms with van der Waals surface area (Å²) in [5.41, 5.74) is 3.17. The predicted octanol–water partition coefficient (Wildman–Crippen LogP) is 3.29. The van der Waals surface area contributed by atoms with Crippen molar-refractivity contribution in [2.45, 2.75) is 33.1 Å². The van der Waals surface area contributed by atoms with Crippen LogP contribution in [0.15, 0.2) is 29.1 Å². The lowest BCUT2D eigenvalue weighted by Crippen LogP contribution is -2.10. The lowest BCUT2D eigenvalue weighted by atomic mass is 9.86. The summed E-state index contributed by atoms with van der Waals surface area (Å²) >= 11 is 0. The van der Waals surface area contributed by atoms with Crippen molar-refractivity contribution in [2.75, 3.05) is 6.61 Å². The van der Waals surface area contributed by atoms with E-state index in [2.05, 4.69) is 32.9 Å². The Kier molecular flexibility index (Phi) is 2.82. The van der Waals surface area contributed by atoms with Crippen LogP contribution in [0.2, 0.25) is 0 Å². The van der Waals surface area contributed by atoms with E-state index in [9.17, 15) is 4.79 Å². The number of ether oxygens (including phenoxy) is 1. The van der Waals surface area contributed by atoms with Crippen LogP contribution in [-0.4, -0.2) is 6.61 Å². The van der Waals surface area contributed by atoms with Crippen LogP contribution in [0, 0.1) is 0 Å². The summed E-state index contributed by atoms with van der Waals surface area (Å²) in [6.07, 6.45) is 0. The van der Waals surface area contributed by atoms with Crippen molar-refractivity contribution in [2.24, 2.45) is 0 Å². The summed E-state index contributed by atoms with van der Waals surface area (Å²) in [6.45, 7) is 8.96. The maximum absolute atomic E-state index is 11.5.